The lowest BCUT2D eigenvalue weighted by Gasteiger charge is -2.21. The zero-order chi connectivity index (χ0) is 14.5. The quantitative estimate of drug-likeness (QED) is 0.856. The van der Waals surface area contributed by atoms with Crippen molar-refractivity contribution in [1.29, 1.82) is 0 Å². The Hall–Kier alpha value is -1.14. The van der Waals surface area contributed by atoms with E-state index in [4.69, 9.17) is 28.3 Å². The lowest BCUT2D eigenvalue weighted by Crippen LogP contribution is -2.20. The molecule has 108 valence electrons. The highest BCUT2D eigenvalue weighted by molar-refractivity contribution is 6.35. The van der Waals surface area contributed by atoms with Crippen molar-refractivity contribution in [3.63, 3.8) is 0 Å². The molecule has 0 saturated heterocycles. The lowest BCUT2D eigenvalue weighted by atomic mass is 9.93. The van der Waals surface area contributed by atoms with E-state index in [2.05, 4.69) is 10.1 Å². The third-order valence-electron chi connectivity index (χ3n) is 3.04. The molecule has 2 atom stereocenters. The predicted octanol–water partition coefficient (Wildman–Crippen LogP) is 2.11. The van der Waals surface area contributed by atoms with Gasteiger partial charge >= 0.3 is 0 Å². The van der Waals surface area contributed by atoms with E-state index in [0.717, 1.165) is 5.56 Å². The van der Waals surface area contributed by atoms with Crippen molar-refractivity contribution in [2.45, 2.75) is 25.0 Å². The Labute approximate surface area is 126 Å². The molecule has 1 aromatic heterocycles. The van der Waals surface area contributed by atoms with Gasteiger partial charge < -0.3 is 10.2 Å². The zero-order valence-corrected chi connectivity index (χ0v) is 12.2. The van der Waals surface area contributed by atoms with Gasteiger partial charge in [0.2, 0.25) is 0 Å². The highest BCUT2D eigenvalue weighted by Crippen LogP contribution is 2.31. The van der Waals surface area contributed by atoms with Crippen molar-refractivity contribution in [1.82, 2.24) is 14.8 Å². The van der Waals surface area contributed by atoms with Crippen LogP contribution in [-0.4, -0.2) is 37.7 Å². The molecule has 2 aromatic rings. The molecule has 0 fully saturated rings. The Balaban J connectivity index is 2.24. The molecule has 2 rings (SSSR count). The van der Waals surface area contributed by atoms with E-state index in [-0.39, 0.29) is 12.5 Å². The average molecular weight is 316 g/mol. The number of nitrogens with zero attached hydrogens (tertiary/aromatic N) is 3. The third-order valence-corrected chi connectivity index (χ3v) is 3.61. The maximum Gasteiger partial charge on any atom is 0.137 e. The molecule has 1 aromatic carbocycles. The zero-order valence-electron chi connectivity index (χ0n) is 10.7. The molecule has 2 N–H and O–H groups in total. The van der Waals surface area contributed by atoms with Crippen LogP contribution in [0.25, 0.3) is 0 Å². The minimum atomic E-state index is -0.810. The third kappa shape index (κ3) is 3.93. The van der Waals surface area contributed by atoms with Gasteiger partial charge in [0, 0.05) is 22.5 Å². The molecule has 2 unspecified atom stereocenters. The van der Waals surface area contributed by atoms with Crippen LogP contribution in [0.1, 0.15) is 17.9 Å². The topological polar surface area (TPSA) is 71.2 Å². The first kappa shape index (κ1) is 15.3. The normalized spacial score (nSPS) is 14.2. The predicted molar refractivity (Wildman–Crippen MR) is 76.9 cm³/mol. The number of aliphatic hydroxyl groups is 2. The molecule has 20 heavy (non-hydrogen) atoms. The molecule has 0 amide bonds. The molecule has 0 saturated carbocycles. The molecule has 0 aliphatic heterocycles. The number of hydrogen-bond donors (Lipinski definition) is 2. The fourth-order valence-electron chi connectivity index (χ4n) is 2.09. The van der Waals surface area contributed by atoms with E-state index < -0.39 is 6.10 Å². The van der Waals surface area contributed by atoms with Gasteiger partial charge in [-0.3, -0.25) is 4.68 Å². The molecule has 0 spiro atoms. The first-order valence-electron chi connectivity index (χ1n) is 6.16. The maximum absolute atomic E-state index is 9.70. The molecule has 0 radical (unpaired) electrons. The van der Waals surface area contributed by atoms with Gasteiger partial charge in [0.1, 0.15) is 12.7 Å². The number of hydrogen-bond acceptors (Lipinski definition) is 4. The van der Waals surface area contributed by atoms with Gasteiger partial charge in [0.05, 0.1) is 12.7 Å². The summed E-state index contributed by atoms with van der Waals surface area (Å²) in [7, 11) is 0. The van der Waals surface area contributed by atoms with E-state index >= 15 is 0 Å². The Morgan fingerprint density at radius 2 is 2.10 bits per heavy atom. The van der Waals surface area contributed by atoms with E-state index in [9.17, 15) is 5.11 Å². The molecule has 5 nitrogen and oxygen atoms in total. The van der Waals surface area contributed by atoms with Crippen molar-refractivity contribution in [3.05, 3.63) is 46.5 Å². The van der Waals surface area contributed by atoms with Crippen molar-refractivity contribution in [2.24, 2.45) is 0 Å². The lowest BCUT2D eigenvalue weighted by molar-refractivity contribution is 0.0802. The minimum absolute atomic E-state index is 0.0939. The van der Waals surface area contributed by atoms with Crippen molar-refractivity contribution < 1.29 is 10.2 Å². The summed E-state index contributed by atoms with van der Waals surface area (Å²) in [6, 6.07) is 5.25. The van der Waals surface area contributed by atoms with Gasteiger partial charge in [0.15, 0.2) is 0 Å². The van der Waals surface area contributed by atoms with Crippen LogP contribution in [-0.2, 0) is 6.54 Å². The molecule has 1 heterocycles. The van der Waals surface area contributed by atoms with Crippen molar-refractivity contribution in [3.8, 4) is 0 Å². The van der Waals surface area contributed by atoms with Crippen LogP contribution in [0.15, 0.2) is 30.9 Å². The second-order valence-corrected chi connectivity index (χ2v) is 5.40. The fourth-order valence-corrected chi connectivity index (χ4v) is 2.65. The number of aromatic nitrogens is 3. The van der Waals surface area contributed by atoms with Crippen LogP contribution in [0.3, 0.4) is 0 Å². The monoisotopic (exact) mass is 315 g/mol. The molecular weight excluding hydrogens is 301 g/mol. The molecule has 0 bridgehead atoms. The SMILES string of the molecule is OCC(O)CC(Cn1cncn1)c1ccc(Cl)cc1Cl. The standard InChI is InChI=1S/C13H15Cl2N3O2/c14-10-1-2-12(13(15)4-10)9(3-11(20)6-19)5-18-8-16-7-17-18/h1-2,4,7-9,11,19-20H,3,5-6H2. The largest absolute Gasteiger partial charge is 0.394 e. The van der Waals surface area contributed by atoms with E-state index in [1.165, 1.54) is 6.33 Å². The summed E-state index contributed by atoms with van der Waals surface area (Å²) in [6.07, 6.45) is 2.61. The first-order chi connectivity index (χ1) is 9.60. The maximum atomic E-state index is 9.70. The Morgan fingerprint density at radius 1 is 1.30 bits per heavy atom. The summed E-state index contributed by atoms with van der Waals surface area (Å²) in [5.74, 6) is -0.0939. The van der Waals surface area contributed by atoms with Crippen LogP contribution in [0.4, 0.5) is 0 Å². The van der Waals surface area contributed by atoms with Crippen molar-refractivity contribution >= 4 is 23.2 Å². The van der Waals surface area contributed by atoms with E-state index in [1.807, 2.05) is 6.07 Å². The van der Waals surface area contributed by atoms with Crippen LogP contribution >= 0.6 is 23.2 Å². The summed E-state index contributed by atoms with van der Waals surface area (Å²) in [6.45, 7) is 0.220. The van der Waals surface area contributed by atoms with Crippen LogP contribution in [0, 0.1) is 0 Å². The van der Waals surface area contributed by atoms with Gasteiger partial charge in [0.25, 0.3) is 0 Å². The second kappa shape index (κ2) is 7.04. The summed E-state index contributed by atoms with van der Waals surface area (Å²) >= 11 is 12.1. The second-order valence-electron chi connectivity index (χ2n) is 4.55. The van der Waals surface area contributed by atoms with Gasteiger partial charge in [-0.1, -0.05) is 29.3 Å². The highest BCUT2D eigenvalue weighted by Gasteiger charge is 2.20. The molecule has 7 heteroatoms. The summed E-state index contributed by atoms with van der Waals surface area (Å²) in [4.78, 5) is 3.89. The first-order valence-corrected chi connectivity index (χ1v) is 6.92. The fraction of sp³-hybridized carbons (Fsp3) is 0.385. The summed E-state index contributed by atoms with van der Waals surface area (Å²) in [5.41, 5.74) is 0.860. The van der Waals surface area contributed by atoms with Gasteiger partial charge in [-0.2, -0.15) is 5.10 Å². The Kier molecular flexibility index (Phi) is 5.37. The summed E-state index contributed by atoms with van der Waals surface area (Å²) in [5, 5.41) is 23.9. The number of aliphatic hydroxyl groups excluding tert-OH is 2. The van der Waals surface area contributed by atoms with Crippen molar-refractivity contribution in [2.75, 3.05) is 6.61 Å². The number of halogens is 2. The van der Waals surface area contributed by atoms with Crippen LogP contribution in [0.5, 0.6) is 0 Å². The Bertz CT molecular complexity index is 549. The number of benzene rings is 1. The van der Waals surface area contributed by atoms with E-state index in [0.29, 0.717) is 23.0 Å². The molecule has 0 aliphatic carbocycles. The molecule has 0 aliphatic rings. The van der Waals surface area contributed by atoms with Gasteiger partial charge in [-0.05, 0) is 24.1 Å². The number of rotatable bonds is 6. The minimum Gasteiger partial charge on any atom is -0.394 e. The van der Waals surface area contributed by atoms with Crippen LogP contribution < -0.4 is 0 Å². The molecular formula is C13H15Cl2N3O2. The average Bonchev–Trinajstić information content (AvgIpc) is 2.91. The van der Waals surface area contributed by atoms with Crippen LogP contribution in [0.2, 0.25) is 10.0 Å². The smallest absolute Gasteiger partial charge is 0.137 e. The summed E-state index contributed by atoms with van der Waals surface area (Å²) < 4.78 is 1.67. The van der Waals surface area contributed by atoms with Gasteiger partial charge in [-0.25, -0.2) is 4.98 Å². The van der Waals surface area contributed by atoms with E-state index in [1.54, 1.807) is 23.1 Å². The van der Waals surface area contributed by atoms with Gasteiger partial charge in [-0.15, -0.1) is 0 Å². The highest BCUT2D eigenvalue weighted by atomic mass is 35.5. The Morgan fingerprint density at radius 3 is 2.70 bits per heavy atom.